The van der Waals surface area contributed by atoms with E-state index in [0.717, 1.165) is 31.7 Å². The van der Waals surface area contributed by atoms with Crippen LogP contribution in [0.1, 0.15) is 52.4 Å². The SMILES string of the molecule is CCC1(C(=O)NC(C)C2CCC2)CCCN1. The molecule has 1 saturated carbocycles. The molecule has 2 aliphatic rings. The average molecular weight is 224 g/mol. The molecule has 0 aromatic carbocycles. The Morgan fingerprint density at radius 1 is 1.50 bits per heavy atom. The van der Waals surface area contributed by atoms with Crippen LogP contribution in [0.15, 0.2) is 0 Å². The zero-order valence-electron chi connectivity index (χ0n) is 10.5. The summed E-state index contributed by atoms with van der Waals surface area (Å²) in [6, 6.07) is 0.354. The maximum Gasteiger partial charge on any atom is 0.240 e. The summed E-state index contributed by atoms with van der Waals surface area (Å²) in [5.41, 5.74) is -0.266. The molecule has 0 bridgehead atoms. The normalized spacial score (nSPS) is 32.1. The first-order valence-electron chi connectivity index (χ1n) is 6.74. The van der Waals surface area contributed by atoms with E-state index in [2.05, 4.69) is 24.5 Å². The summed E-state index contributed by atoms with van der Waals surface area (Å²) < 4.78 is 0. The Hall–Kier alpha value is -0.570. The van der Waals surface area contributed by atoms with Gasteiger partial charge in [0, 0.05) is 6.04 Å². The van der Waals surface area contributed by atoms with Crippen molar-refractivity contribution in [3.63, 3.8) is 0 Å². The fourth-order valence-corrected chi connectivity index (χ4v) is 2.86. The number of rotatable bonds is 4. The number of hydrogen-bond acceptors (Lipinski definition) is 2. The quantitative estimate of drug-likeness (QED) is 0.765. The third kappa shape index (κ3) is 2.10. The van der Waals surface area contributed by atoms with Gasteiger partial charge in [-0.15, -0.1) is 0 Å². The van der Waals surface area contributed by atoms with Crippen molar-refractivity contribution in [2.45, 2.75) is 64.0 Å². The zero-order valence-corrected chi connectivity index (χ0v) is 10.5. The number of hydrogen-bond donors (Lipinski definition) is 2. The molecular formula is C13H24N2O. The fraction of sp³-hybridized carbons (Fsp3) is 0.923. The van der Waals surface area contributed by atoms with Gasteiger partial charge in [0.15, 0.2) is 0 Å². The molecule has 1 amide bonds. The number of carbonyl (C=O) groups is 1. The second-order valence-corrected chi connectivity index (χ2v) is 5.42. The third-order valence-electron chi connectivity index (χ3n) is 4.50. The Kier molecular flexibility index (Phi) is 3.53. The van der Waals surface area contributed by atoms with E-state index in [1.165, 1.54) is 19.3 Å². The van der Waals surface area contributed by atoms with Crippen LogP contribution >= 0.6 is 0 Å². The van der Waals surface area contributed by atoms with Gasteiger partial charge in [0.25, 0.3) is 0 Å². The summed E-state index contributed by atoms with van der Waals surface area (Å²) in [7, 11) is 0. The summed E-state index contributed by atoms with van der Waals surface area (Å²) in [6.45, 7) is 5.24. The topological polar surface area (TPSA) is 41.1 Å². The van der Waals surface area contributed by atoms with E-state index in [9.17, 15) is 4.79 Å². The van der Waals surface area contributed by atoms with Gasteiger partial charge in [0.1, 0.15) is 0 Å². The molecule has 0 aromatic rings. The van der Waals surface area contributed by atoms with Gasteiger partial charge in [-0.3, -0.25) is 4.79 Å². The van der Waals surface area contributed by atoms with Gasteiger partial charge in [-0.1, -0.05) is 13.3 Å². The molecule has 1 heterocycles. The first kappa shape index (κ1) is 11.9. The maximum atomic E-state index is 12.3. The second kappa shape index (κ2) is 4.74. The van der Waals surface area contributed by atoms with Crippen LogP contribution in [0.25, 0.3) is 0 Å². The van der Waals surface area contributed by atoms with Gasteiger partial charge in [-0.2, -0.15) is 0 Å². The first-order valence-corrected chi connectivity index (χ1v) is 6.74. The standard InChI is InChI=1S/C13H24N2O/c1-3-13(8-5-9-14-13)12(16)15-10(2)11-6-4-7-11/h10-11,14H,3-9H2,1-2H3,(H,15,16). The molecule has 0 aromatic heterocycles. The van der Waals surface area contributed by atoms with Crippen LogP contribution < -0.4 is 10.6 Å². The van der Waals surface area contributed by atoms with Crippen LogP contribution in [0.5, 0.6) is 0 Å². The lowest BCUT2D eigenvalue weighted by molar-refractivity contribution is -0.128. The summed E-state index contributed by atoms with van der Waals surface area (Å²) in [6.07, 6.45) is 6.92. The van der Waals surface area contributed by atoms with Crippen molar-refractivity contribution in [3.05, 3.63) is 0 Å². The lowest BCUT2D eigenvalue weighted by Crippen LogP contribution is -2.56. The van der Waals surface area contributed by atoms with Crippen molar-refractivity contribution < 1.29 is 4.79 Å². The Morgan fingerprint density at radius 3 is 2.69 bits per heavy atom. The second-order valence-electron chi connectivity index (χ2n) is 5.42. The van der Waals surface area contributed by atoms with E-state index in [-0.39, 0.29) is 11.4 Å². The smallest absolute Gasteiger partial charge is 0.240 e. The van der Waals surface area contributed by atoms with Gasteiger partial charge < -0.3 is 10.6 Å². The van der Waals surface area contributed by atoms with Gasteiger partial charge in [-0.25, -0.2) is 0 Å². The minimum atomic E-state index is -0.266. The van der Waals surface area contributed by atoms with Gasteiger partial charge in [0.2, 0.25) is 5.91 Å². The molecule has 0 spiro atoms. The van der Waals surface area contributed by atoms with Crippen molar-refractivity contribution in [2.75, 3.05) is 6.54 Å². The molecule has 1 saturated heterocycles. The van der Waals surface area contributed by atoms with Crippen molar-refractivity contribution >= 4 is 5.91 Å². The Bertz CT molecular complexity index is 255. The molecule has 3 heteroatoms. The van der Waals surface area contributed by atoms with Gasteiger partial charge in [-0.05, 0) is 51.5 Å². The van der Waals surface area contributed by atoms with Crippen LogP contribution in [-0.2, 0) is 4.79 Å². The number of carbonyl (C=O) groups excluding carboxylic acids is 1. The Labute approximate surface area is 98.4 Å². The van der Waals surface area contributed by atoms with Gasteiger partial charge >= 0.3 is 0 Å². The van der Waals surface area contributed by atoms with Crippen molar-refractivity contribution in [1.29, 1.82) is 0 Å². The zero-order chi connectivity index (χ0) is 11.6. The van der Waals surface area contributed by atoms with Crippen molar-refractivity contribution in [1.82, 2.24) is 10.6 Å². The highest BCUT2D eigenvalue weighted by Crippen LogP contribution is 2.30. The van der Waals surface area contributed by atoms with Crippen LogP contribution in [0.2, 0.25) is 0 Å². The van der Waals surface area contributed by atoms with E-state index in [0.29, 0.717) is 6.04 Å². The molecule has 2 atom stereocenters. The summed E-state index contributed by atoms with van der Waals surface area (Å²) in [5, 5.41) is 6.60. The number of nitrogens with one attached hydrogen (secondary N) is 2. The third-order valence-corrected chi connectivity index (χ3v) is 4.50. The highest BCUT2D eigenvalue weighted by atomic mass is 16.2. The van der Waals surface area contributed by atoms with Crippen LogP contribution in [0.4, 0.5) is 0 Å². The molecule has 2 rings (SSSR count). The molecule has 2 N–H and O–H groups in total. The monoisotopic (exact) mass is 224 g/mol. The fourth-order valence-electron chi connectivity index (χ4n) is 2.86. The average Bonchev–Trinajstić information content (AvgIpc) is 2.63. The summed E-state index contributed by atoms with van der Waals surface area (Å²) >= 11 is 0. The van der Waals surface area contributed by atoms with E-state index >= 15 is 0 Å². The predicted molar refractivity (Wildman–Crippen MR) is 65.2 cm³/mol. The van der Waals surface area contributed by atoms with Crippen LogP contribution in [-0.4, -0.2) is 24.0 Å². The molecule has 92 valence electrons. The van der Waals surface area contributed by atoms with E-state index in [1.807, 2.05) is 0 Å². The summed E-state index contributed by atoms with van der Waals surface area (Å²) in [5.74, 6) is 0.950. The van der Waals surface area contributed by atoms with E-state index in [1.54, 1.807) is 0 Å². The largest absolute Gasteiger partial charge is 0.352 e. The molecule has 2 fully saturated rings. The van der Waals surface area contributed by atoms with Gasteiger partial charge in [0.05, 0.1) is 5.54 Å². The van der Waals surface area contributed by atoms with Crippen LogP contribution in [0, 0.1) is 5.92 Å². The number of amides is 1. The lowest BCUT2D eigenvalue weighted by Gasteiger charge is -2.35. The summed E-state index contributed by atoms with van der Waals surface area (Å²) in [4.78, 5) is 12.3. The Balaban J connectivity index is 1.90. The van der Waals surface area contributed by atoms with E-state index < -0.39 is 0 Å². The van der Waals surface area contributed by atoms with Crippen molar-refractivity contribution in [2.24, 2.45) is 5.92 Å². The van der Waals surface area contributed by atoms with Crippen molar-refractivity contribution in [3.8, 4) is 0 Å². The molecule has 0 radical (unpaired) electrons. The predicted octanol–water partition coefficient (Wildman–Crippen LogP) is 1.82. The van der Waals surface area contributed by atoms with Crippen LogP contribution in [0.3, 0.4) is 0 Å². The molecule has 1 aliphatic carbocycles. The molecule has 16 heavy (non-hydrogen) atoms. The Morgan fingerprint density at radius 2 is 2.25 bits per heavy atom. The first-order chi connectivity index (χ1) is 7.68. The molecular weight excluding hydrogens is 200 g/mol. The maximum absolute atomic E-state index is 12.3. The minimum Gasteiger partial charge on any atom is -0.352 e. The molecule has 2 unspecified atom stereocenters. The minimum absolute atomic E-state index is 0.229. The highest BCUT2D eigenvalue weighted by Gasteiger charge is 2.40. The lowest BCUT2D eigenvalue weighted by atomic mass is 9.80. The molecule has 3 nitrogen and oxygen atoms in total. The molecule has 1 aliphatic heterocycles. The van der Waals surface area contributed by atoms with E-state index in [4.69, 9.17) is 0 Å². The highest BCUT2D eigenvalue weighted by molar-refractivity contribution is 5.86.